The molecule has 2 atom stereocenters. The van der Waals surface area contributed by atoms with E-state index in [-0.39, 0.29) is 48.1 Å². The topological polar surface area (TPSA) is 45.7 Å². The van der Waals surface area contributed by atoms with E-state index < -0.39 is 12.6 Å². The summed E-state index contributed by atoms with van der Waals surface area (Å²) in [5.41, 5.74) is 0.135. The van der Waals surface area contributed by atoms with E-state index in [0.29, 0.717) is 19.1 Å². The summed E-state index contributed by atoms with van der Waals surface area (Å²) >= 11 is 0. The van der Waals surface area contributed by atoms with Crippen LogP contribution in [0.25, 0.3) is 0 Å². The lowest BCUT2D eigenvalue weighted by Gasteiger charge is -2.54. The van der Waals surface area contributed by atoms with E-state index in [9.17, 15) is 13.2 Å². The minimum absolute atomic E-state index is 0. The number of aliphatic imine (C=N–C) groups is 1. The summed E-state index contributed by atoms with van der Waals surface area (Å²) in [6, 6.07) is 0.241. The zero-order valence-electron chi connectivity index (χ0n) is 14.4. The highest BCUT2D eigenvalue weighted by Crippen LogP contribution is 2.54. The molecule has 4 nitrogen and oxygen atoms in total. The second-order valence-electron chi connectivity index (χ2n) is 6.44. The van der Waals surface area contributed by atoms with Crippen molar-refractivity contribution in [1.82, 2.24) is 10.6 Å². The molecule has 2 fully saturated rings. The highest BCUT2D eigenvalue weighted by Gasteiger charge is 2.56. The first-order chi connectivity index (χ1) is 10.9. The van der Waals surface area contributed by atoms with Crippen LogP contribution in [0.15, 0.2) is 4.99 Å². The Labute approximate surface area is 159 Å². The summed E-state index contributed by atoms with van der Waals surface area (Å²) in [6.07, 6.45) is 0.759. The van der Waals surface area contributed by atoms with Crippen molar-refractivity contribution in [1.29, 1.82) is 0 Å². The van der Waals surface area contributed by atoms with E-state index in [1.54, 1.807) is 0 Å². The molecular weight excluding hydrogens is 434 g/mol. The van der Waals surface area contributed by atoms with Crippen LogP contribution in [-0.4, -0.2) is 44.0 Å². The fraction of sp³-hybridized carbons (Fsp3) is 0.938. The van der Waals surface area contributed by atoms with Gasteiger partial charge in [-0.15, -0.1) is 24.0 Å². The van der Waals surface area contributed by atoms with Crippen molar-refractivity contribution >= 4 is 29.9 Å². The Kier molecular flexibility index (Phi) is 8.58. The van der Waals surface area contributed by atoms with Gasteiger partial charge in [-0.3, -0.25) is 4.99 Å². The Hall–Kier alpha value is -0.250. The van der Waals surface area contributed by atoms with Gasteiger partial charge in [0.1, 0.15) is 0 Å². The van der Waals surface area contributed by atoms with Crippen LogP contribution < -0.4 is 10.6 Å². The zero-order chi connectivity index (χ0) is 16.9. The van der Waals surface area contributed by atoms with Crippen LogP contribution in [0.5, 0.6) is 0 Å². The van der Waals surface area contributed by atoms with Crippen molar-refractivity contribution in [3.63, 3.8) is 0 Å². The molecule has 8 heteroatoms. The highest BCUT2D eigenvalue weighted by molar-refractivity contribution is 14.0. The predicted molar refractivity (Wildman–Crippen MR) is 99.9 cm³/mol. The van der Waals surface area contributed by atoms with Gasteiger partial charge in [0.15, 0.2) is 5.96 Å². The van der Waals surface area contributed by atoms with Crippen LogP contribution in [-0.2, 0) is 4.74 Å². The van der Waals surface area contributed by atoms with Crippen LogP contribution in [0, 0.1) is 5.41 Å². The van der Waals surface area contributed by atoms with Gasteiger partial charge < -0.3 is 15.4 Å². The molecule has 0 aliphatic heterocycles. The standard InChI is InChI=1S/C16H28F3N3O.HI/c1-3-20-14(21-10-9-16(17,18)19)22-12-11-13(23-4-2)15(12)7-5-6-8-15;/h12-13H,3-11H2,1-2H3,(H2,20,21,22);1H. The molecule has 0 aromatic carbocycles. The number of hydrogen-bond donors (Lipinski definition) is 2. The number of nitrogens with one attached hydrogen (secondary N) is 2. The molecule has 2 saturated carbocycles. The van der Waals surface area contributed by atoms with Gasteiger partial charge in [0.25, 0.3) is 0 Å². The van der Waals surface area contributed by atoms with E-state index in [0.717, 1.165) is 19.3 Å². The predicted octanol–water partition coefficient (Wildman–Crippen LogP) is 3.85. The first-order valence-electron chi connectivity index (χ1n) is 8.64. The summed E-state index contributed by atoms with van der Waals surface area (Å²) in [7, 11) is 0. The Bertz CT molecular complexity index is 412. The smallest absolute Gasteiger partial charge is 0.378 e. The van der Waals surface area contributed by atoms with Crippen molar-refractivity contribution in [2.24, 2.45) is 10.4 Å². The number of hydrogen-bond acceptors (Lipinski definition) is 2. The number of guanidine groups is 1. The zero-order valence-corrected chi connectivity index (χ0v) is 16.7. The van der Waals surface area contributed by atoms with Crippen LogP contribution >= 0.6 is 24.0 Å². The van der Waals surface area contributed by atoms with Crippen LogP contribution in [0.3, 0.4) is 0 Å². The van der Waals surface area contributed by atoms with Gasteiger partial charge in [0.2, 0.25) is 0 Å². The highest BCUT2D eigenvalue weighted by atomic mass is 127. The van der Waals surface area contributed by atoms with E-state index >= 15 is 0 Å². The van der Waals surface area contributed by atoms with Gasteiger partial charge in [-0.25, -0.2) is 0 Å². The number of nitrogens with zero attached hydrogens (tertiary/aromatic N) is 1. The molecule has 0 radical (unpaired) electrons. The fourth-order valence-corrected chi connectivity index (χ4v) is 3.87. The third-order valence-corrected chi connectivity index (χ3v) is 5.01. The van der Waals surface area contributed by atoms with Gasteiger partial charge in [-0.2, -0.15) is 13.2 Å². The number of halogens is 4. The summed E-state index contributed by atoms with van der Waals surface area (Å²) in [5, 5.41) is 6.41. The molecule has 2 aliphatic rings. The molecule has 0 aromatic heterocycles. The molecule has 0 heterocycles. The second-order valence-corrected chi connectivity index (χ2v) is 6.44. The van der Waals surface area contributed by atoms with E-state index in [2.05, 4.69) is 15.6 Å². The maximum Gasteiger partial charge on any atom is 0.390 e. The van der Waals surface area contributed by atoms with Crippen molar-refractivity contribution in [2.75, 3.05) is 19.7 Å². The summed E-state index contributed by atoms with van der Waals surface area (Å²) < 4.78 is 42.7. The lowest BCUT2D eigenvalue weighted by Crippen LogP contribution is -2.65. The normalized spacial score (nSPS) is 26.0. The quantitative estimate of drug-likeness (QED) is 0.358. The van der Waals surface area contributed by atoms with Crippen molar-refractivity contribution in [3.05, 3.63) is 0 Å². The Morgan fingerprint density at radius 1 is 1.25 bits per heavy atom. The minimum atomic E-state index is -4.16. The number of rotatable bonds is 6. The Morgan fingerprint density at radius 3 is 2.46 bits per heavy atom. The van der Waals surface area contributed by atoms with Gasteiger partial charge in [0.05, 0.1) is 19.1 Å². The number of alkyl halides is 3. The third-order valence-electron chi connectivity index (χ3n) is 5.01. The van der Waals surface area contributed by atoms with Gasteiger partial charge in [-0.1, -0.05) is 12.8 Å². The van der Waals surface area contributed by atoms with Gasteiger partial charge >= 0.3 is 6.18 Å². The largest absolute Gasteiger partial charge is 0.390 e. The molecular formula is C16H29F3IN3O. The molecule has 0 aromatic rings. The fourth-order valence-electron chi connectivity index (χ4n) is 3.87. The van der Waals surface area contributed by atoms with Gasteiger partial charge in [-0.05, 0) is 33.1 Å². The molecule has 0 saturated heterocycles. The van der Waals surface area contributed by atoms with Crippen LogP contribution in [0.4, 0.5) is 13.2 Å². The molecule has 2 aliphatic carbocycles. The molecule has 2 unspecified atom stereocenters. The van der Waals surface area contributed by atoms with Gasteiger partial charge in [0, 0.05) is 24.6 Å². The monoisotopic (exact) mass is 463 g/mol. The molecule has 2 N–H and O–H groups in total. The summed E-state index contributed by atoms with van der Waals surface area (Å²) in [6.45, 7) is 5.01. The second kappa shape index (κ2) is 9.45. The van der Waals surface area contributed by atoms with E-state index in [4.69, 9.17) is 4.74 Å². The third kappa shape index (κ3) is 5.37. The Morgan fingerprint density at radius 2 is 1.92 bits per heavy atom. The molecule has 0 bridgehead atoms. The Balaban J connectivity index is 0.00000288. The molecule has 2 rings (SSSR count). The van der Waals surface area contributed by atoms with E-state index in [1.807, 2.05) is 13.8 Å². The lowest BCUT2D eigenvalue weighted by molar-refractivity contribution is -0.132. The molecule has 24 heavy (non-hydrogen) atoms. The average Bonchev–Trinajstić information content (AvgIpc) is 2.97. The first kappa shape index (κ1) is 21.8. The van der Waals surface area contributed by atoms with Crippen molar-refractivity contribution < 1.29 is 17.9 Å². The van der Waals surface area contributed by atoms with Crippen molar-refractivity contribution in [2.45, 2.75) is 70.7 Å². The summed E-state index contributed by atoms with van der Waals surface area (Å²) in [4.78, 5) is 4.08. The maximum atomic E-state index is 12.3. The first-order valence-corrected chi connectivity index (χ1v) is 8.64. The van der Waals surface area contributed by atoms with Crippen LogP contribution in [0.2, 0.25) is 0 Å². The molecule has 0 amide bonds. The molecule has 142 valence electrons. The van der Waals surface area contributed by atoms with Crippen LogP contribution in [0.1, 0.15) is 52.4 Å². The molecule has 1 spiro atoms. The minimum Gasteiger partial charge on any atom is -0.378 e. The maximum absolute atomic E-state index is 12.3. The van der Waals surface area contributed by atoms with E-state index in [1.165, 1.54) is 12.8 Å². The number of ether oxygens (including phenoxy) is 1. The summed E-state index contributed by atoms with van der Waals surface area (Å²) in [5.74, 6) is 0.489. The SMILES string of the molecule is CCNC(=NCCC(F)(F)F)NC1CC(OCC)C12CCCC2.I. The lowest BCUT2D eigenvalue weighted by atomic mass is 9.60. The van der Waals surface area contributed by atoms with Crippen molar-refractivity contribution in [3.8, 4) is 0 Å². The average molecular weight is 463 g/mol.